The van der Waals surface area contributed by atoms with Gasteiger partial charge >= 0.3 is 0 Å². The van der Waals surface area contributed by atoms with Crippen molar-refractivity contribution in [1.29, 1.82) is 0 Å². The zero-order chi connectivity index (χ0) is 8.97. The van der Waals surface area contributed by atoms with Crippen molar-refractivity contribution < 1.29 is 9.59 Å². The van der Waals surface area contributed by atoms with E-state index in [9.17, 15) is 9.59 Å². The number of likely N-dealkylation sites (N-methyl/N-ethyl adjacent to an activating group) is 1. The Bertz CT molecular complexity index is 182. The Morgan fingerprint density at radius 3 is 3.00 bits per heavy atom. The molecule has 1 unspecified atom stereocenters. The van der Waals surface area contributed by atoms with Crippen molar-refractivity contribution in [1.82, 2.24) is 10.2 Å². The lowest BCUT2D eigenvalue weighted by molar-refractivity contribution is -0.126. The zero-order valence-electron chi connectivity index (χ0n) is 7.25. The van der Waals surface area contributed by atoms with Crippen molar-refractivity contribution in [2.24, 2.45) is 0 Å². The number of nitrogens with zero attached hydrogens (tertiary/aromatic N) is 1. The monoisotopic (exact) mass is 170 g/mol. The first-order valence-corrected chi connectivity index (χ1v) is 4.17. The predicted molar refractivity (Wildman–Crippen MR) is 44.7 cm³/mol. The van der Waals surface area contributed by atoms with Gasteiger partial charge in [0.1, 0.15) is 6.29 Å². The highest BCUT2D eigenvalue weighted by Crippen LogP contribution is 2.14. The molecular weight excluding hydrogens is 156 g/mol. The highest BCUT2D eigenvalue weighted by Gasteiger charge is 2.26. The van der Waals surface area contributed by atoms with Crippen LogP contribution in [0.1, 0.15) is 12.8 Å². The number of hydrogen-bond donors (Lipinski definition) is 1. The molecule has 0 bridgehead atoms. The van der Waals surface area contributed by atoms with Crippen molar-refractivity contribution in [2.75, 3.05) is 20.1 Å². The summed E-state index contributed by atoms with van der Waals surface area (Å²) in [6, 6.07) is -0.0232. The Hall–Kier alpha value is -0.900. The van der Waals surface area contributed by atoms with Crippen molar-refractivity contribution in [2.45, 2.75) is 18.9 Å². The largest absolute Gasteiger partial charge is 0.348 e. The molecule has 0 spiro atoms. The minimum absolute atomic E-state index is 0.0232. The normalized spacial score (nSPS) is 23.9. The van der Waals surface area contributed by atoms with E-state index in [0.717, 1.165) is 19.4 Å². The molecule has 0 aromatic carbocycles. The van der Waals surface area contributed by atoms with E-state index in [1.54, 1.807) is 0 Å². The van der Waals surface area contributed by atoms with Crippen LogP contribution in [-0.4, -0.2) is 43.3 Å². The van der Waals surface area contributed by atoms with Crippen LogP contribution in [0, 0.1) is 0 Å². The second-order valence-electron chi connectivity index (χ2n) is 3.05. The molecule has 1 heterocycles. The van der Waals surface area contributed by atoms with Crippen molar-refractivity contribution in [3.8, 4) is 0 Å². The van der Waals surface area contributed by atoms with Crippen molar-refractivity contribution in [3.05, 3.63) is 0 Å². The number of carbonyl (C=O) groups is 2. The van der Waals surface area contributed by atoms with Gasteiger partial charge in [0, 0.05) is 0 Å². The molecular formula is C8H14N2O2. The first-order chi connectivity index (χ1) is 5.75. The van der Waals surface area contributed by atoms with E-state index in [0.29, 0.717) is 6.29 Å². The van der Waals surface area contributed by atoms with Gasteiger partial charge in [-0.2, -0.15) is 0 Å². The molecule has 0 aliphatic carbocycles. The molecule has 0 aromatic rings. The maximum Gasteiger partial charge on any atom is 0.237 e. The summed E-state index contributed by atoms with van der Waals surface area (Å²) < 4.78 is 0. The van der Waals surface area contributed by atoms with E-state index < -0.39 is 0 Å². The van der Waals surface area contributed by atoms with Crippen LogP contribution < -0.4 is 5.32 Å². The maximum absolute atomic E-state index is 11.3. The van der Waals surface area contributed by atoms with Crippen LogP contribution in [0.4, 0.5) is 0 Å². The third-order valence-electron chi connectivity index (χ3n) is 2.18. The average molecular weight is 170 g/mol. The maximum atomic E-state index is 11.3. The first kappa shape index (κ1) is 9.19. The lowest BCUT2D eigenvalue weighted by Gasteiger charge is -2.17. The fourth-order valence-electron chi connectivity index (χ4n) is 1.50. The van der Waals surface area contributed by atoms with Gasteiger partial charge in [-0.15, -0.1) is 0 Å². The summed E-state index contributed by atoms with van der Waals surface area (Å²) in [7, 11) is 1.93. The second kappa shape index (κ2) is 4.21. The molecule has 0 saturated carbocycles. The molecule has 1 aliphatic rings. The van der Waals surface area contributed by atoms with Crippen LogP contribution in [0.3, 0.4) is 0 Å². The Morgan fingerprint density at radius 1 is 1.75 bits per heavy atom. The van der Waals surface area contributed by atoms with E-state index >= 15 is 0 Å². The SMILES string of the molecule is CN1CCCC1C(=O)NCC=O. The molecule has 4 nitrogen and oxygen atoms in total. The predicted octanol–water partition coefficient (Wildman–Crippen LogP) is -0.604. The van der Waals surface area contributed by atoms with Crippen LogP contribution >= 0.6 is 0 Å². The summed E-state index contributed by atoms with van der Waals surface area (Å²) in [6.07, 6.45) is 2.67. The lowest BCUT2D eigenvalue weighted by atomic mass is 10.2. The van der Waals surface area contributed by atoms with Crippen LogP contribution in [-0.2, 0) is 9.59 Å². The standard InChI is InChI=1S/C8H14N2O2/c1-10-5-2-3-7(10)8(12)9-4-6-11/h6-7H,2-5H2,1H3,(H,9,12). The molecule has 0 radical (unpaired) electrons. The highest BCUT2D eigenvalue weighted by molar-refractivity contribution is 5.83. The smallest absolute Gasteiger partial charge is 0.237 e. The fraction of sp³-hybridized carbons (Fsp3) is 0.750. The molecule has 1 saturated heterocycles. The van der Waals surface area contributed by atoms with E-state index in [4.69, 9.17) is 0 Å². The number of aldehydes is 1. The zero-order valence-corrected chi connectivity index (χ0v) is 7.25. The van der Waals surface area contributed by atoms with E-state index in [2.05, 4.69) is 5.32 Å². The van der Waals surface area contributed by atoms with Gasteiger partial charge in [-0.05, 0) is 26.4 Å². The number of nitrogens with one attached hydrogen (secondary N) is 1. The van der Waals surface area contributed by atoms with Gasteiger partial charge in [-0.3, -0.25) is 9.69 Å². The van der Waals surface area contributed by atoms with E-state index in [-0.39, 0.29) is 18.5 Å². The number of carbonyl (C=O) groups excluding carboxylic acids is 2. The van der Waals surface area contributed by atoms with Gasteiger partial charge in [-0.1, -0.05) is 0 Å². The van der Waals surface area contributed by atoms with Crippen LogP contribution in [0.2, 0.25) is 0 Å². The average Bonchev–Trinajstić information content (AvgIpc) is 2.47. The number of likely N-dealkylation sites (tertiary alicyclic amines) is 1. The van der Waals surface area contributed by atoms with Gasteiger partial charge in [0.15, 0.2) is 0 Å². The minimum Gasteiger partial charge on any atom is -0.348 e. The summed E-state index contributed by atoms with van der Waals surface area (Å²) >= 11 is 0. The molecule has 1 aliphatic heterocycles. The topological polar surface area (TPSA) is 49.4 Å². The Morgan fingerprint density at radius 2 is 2.50 bits per heavy atom. The molecule has 4 heteroatoms. The van der Waals surface area contributed by atoms with Gasteiger partial charge in [0.05, 0.1) is 12.6 Å². The molecule has 68 valence electrons. The van der Waals surface area contributed by atoms with Gasteiger partial charge < -0.3 is 10.1 Å². The minimum atomic E-state index is -0.0258. The molecule has 1 fully saturated rings. The molecule has 1 atom stereocenters. The summed E-state index contributed by atoms with van der Waals surface area (Å²) in [5, 5.41) is 2.56. The Balaban J connectivity index is 2.35. The fourth-order valence-corrected chi connectivity index (χ4v) is 1.50. The Labute approximate surface area is 71.9 Å². The first-order valence-electron chi connectivity index (χ1n) is 4.17. The van der Waals surface area contributed by atoms with Crippen LogP contribution in [0.5, 0.6) is 0 Å². The van der Waals surface area contributed by atoms with Crippen molar-refractivity contribution in [3.63, 3.8) is 0 Å². The number of amides is 1. The molecule has 1 amide bonds. The highest BCUT2D eigenvalue weighted by atomic mass is 16.2. The molecule has 1 rings (SSSR count). The number of hydrogen-bond acceptors (Lipinski definition) is 3. The molecule has 0 aromatic heterocycles. The van der Waals surface area contributed by atoms with Crippen LogP contribution in [0.15, 0.2) is 0 Å². The van der Waals surface area contributed by atoms with Gasteiger partial charge in [0.2, 0.25) is 5.91 Å². The number of rotatable bonds is 3. The van der Waals surface area contributed by atoms with Crippen LogP contribution in [0.25, 0.3) is 0 Å². The molecule has 12 heavy (non-hydrogen) atoms. The third kappa shape index (κ3) is 2.04. The van der Waals surface area contributed by atoms with Gasteiger partial charge in [0.25, 0.3) is 0 Å². The third-order valence-corrected chi connectivity index (χ3v) is 2.18. The molecule has 1 N–H and O–H groups in total. The summed E-state index contributed by atoms with van der Waals surface area (Å²) in [5.74, 6) is -0.0258. The Kier molecular flexibility index (Phi) is 3.22. The second-order valence-corrected chi connectivity index (χ2v) is 3.05. The summed E-state index contributed by atoms with van der Waals surface area (Å²) in [5.41, 5.74) is 0. The summed E-state index contributed by atoms with van der Waals surface area (Å²) in [4.78, 5) is 23.3. The van der Waals surface area contributed by atoms with Gasteiger partial charge in [-0.25, -0.2) is 0 Å². The summed E-state index contributed by atoms with van der Waals surface area (Å²) in [6.45, 7) is 1.10. The lowest BCUT2D eigenvalue weighted by Crippen LogP contribution is -2.41. The quantitative estimate of drug-likeness (QED) is 0.575. The van der Waals surface area contributed by atoms with Crippen molar-refractivity contribution >= 4 is 12.2 Å². The van der Waals surface area contributed by atoms with E-state index in [1.807, 2.05) is 11.9 Å². The van der Waals surface area contributed by atoms with E-state index in [1.165, 1.54) is 0 Å².